The molecule has 0 fully saturated rings. The molecule has 0 aromatic carbocycles. The Morgan fingerprint density at radius 3 is 2.88 bits per heavy atom. The van der Waals surface area contributed by atoms with E-state index in [-0.39, 0.29) is 6.04 Å². The van der Waals surface area contributed by atoms with E-state index in [1.54, 1.807) is 7.11 Å². The molecule has 2 aromatic rings. The predicted octanol–water partition coefficient (Wildman–Crippen LogP) is 1.52. The number of anilines is 2. The van der Waals surface area contributed by atoms with E-state index in [9.17, 15) is 0 Å². The van der Waals surface area contributed by atoms with E-state index in [0.717, 1.165) is 43.9 Å². The lowest BCUT2D eigenvalue weighted by molar-refractivity contribution is 0.210. The first-order valence-corrected chi connectivity index (χ1v) is 9.29. The molecule has 0 saturated carbocycles. The van der Waals surface area contributed by atoms with Gasteiger partial charge in [0.05, 0.1) is 24.5 Å². The van der Waals surface area contributed by atoms with Crippen molar-refractivity contribution < 1.29 is 4.74 Å². The fourth-order valence-electron chi connectivity index (χ4n) is 3.21. The number of fused-ring (bicyclic) bond motifs is 1. The monoisotopic (exact) mass is 359 g/mol. The molecule has 0 aliphatic carbocycles. The maximum absolute atomic E-state index is 5.12. The third-order valence-corrected chi connectivity index (χ3v) is 4.62. The number of aryl methyl sites for hydroxylation is 1. The van der Waals surface area contributed by atoms with Gasteiger partial charge < -0.3 is 20.7 Å². The molecule has 0 unspecified atom stereocenters. The van der Waals surface area contributed by atoms with Gasteiger partial charge in [0.15, 0.2) is 0 Å². The van der Waals surface area contributed by atoms with Gasteiger partial charge in [0.25, 0.3) is 0 Å². The first kappa shape index (κ1) is 18.6. The molecule has 8 heteroatoms. The lowest BCUT2D eigenvalue weighted by atomic mass is 10.1. The summed E-state index contributed by atoms with van der Waals surface area (Å²) in [4.78, 5) is 9.52. The van der Waals surface area contributed by atoms with Crippen LogP contribution in [0, 0.1) is 0 Å². The number of methoxy groups -OCH3 is 1. The van der Waals surface area contributed by atoms with E-state index in [2.05, 4.69) is 34.2 Å². The van der Waals surface area contributed by atoms with E-state index in [4.69, 9.17) is 14.7 Å². The Balaban J connectivity index is 1.88. The fourth-order valence-corrected chi connectivity index (χ4v) is 3.21. The molecule has 1 atom stereocenters. The molecule has 3 N–H and O–H groups in total. The second kappa shape index (κ2) is 8.95. The van der Waals surface area contributed by atoms with Gasteiger partial charge in [-0.3, -0.25) is 4.68 Å². The number of nitrogens with one attached hydrogen (secondary N) is 3. The van der Waals surface area contributed by atoms with Gasteiger partial charge in [0.2, 0.25) is 5.95 Å². The largest absolute Gasteiger partial charge is 0.383 e. The van der Waals surface area contributed by atoms with Gasteiger partial charge in [-0.15, -0.1) is 0 Å². The van der Waals surface area contributed by atoms with Crippen LogP contribution in [0.15, 0.2) is 12.4 Å². The maximum atomic E-state index is 5.12. The summed E-state index contributed by atoms with van der Waals surface area (Å²) in [5.74, 6) is 1.58. The van der Waals surface area contributed by atoms with Crippen LogP contribution in [0.1, 0.15) is 36.2 Å². The van der Waals surface area contributed by atoms with Crippen LogP contribution < -0.4 is 16.0 Å². The number of aromatic nitrogens is 4. The summed E-state index contributed by atoms with van der Waals surface area (Å²) in [7, 11) is 3.63. The SMILES string of the molecule is CC[C@@H](Nc1nc(NCCOC)nc2c1CCNCC2)c1cnn(C)c1. The summed E-state index contributed by atoms with van der Waals surface area (Å²) >= 11 is 0. The minimum Gasteiger partial charge on any atom is -0.383 e. The van der Waals surface area contributed by atoms with Gasteiger partial charge in [-0.25, -0.2) is 4.98 Å². The van der Waals surface area contributed by atoms with Gasteiger partial charge in [-0.1, -0.05) is 6.92 Å². The van der Waals surface area contributed by atoms with Crippen LogP contribution >= 0.6 is 0 Å². The molecule has 3 heterocycles. The Morgan fingerprint density at radius 2 is 2.15 bits per heavy atom. The van der Waals surface area contributed by atoms with Crippen LogP contribution in [0.2, 0.25) is 0 Å². The van der Waals surface area contributed by atoms with Crippen molar-refractivity contribution in [2.24, 2.45) is 7.05 Å². The Labute approximate surface area is 154 Å². The fraction of sp³-hybridized carbons (Fsp3) is 0.611. The van der Waals surface area contributed by atoms with E-state index in [0.29, 0.717) is 19.1 Å². The topological polar surface area (TPSA) is 88.9 Å². The van der Waals surface area contributed by atoms with Crippen molar-refractivity contribution >= 4 is 11.8 Å². The third-order valence-electron chi connectivity index (χ3n) is 4.62. The highest BCUT2D eigenvalue weighted by atomic mass is 16.5. The van der Waals surface area contributed by atoms with Gasteiger partial charge in [-0.05, 0) is 19.4 Å². The van der Waals surface area contributed by atoms with Crippen LogP contribution in [0.4, 0.5) is 11.8 Å². The molecular weight excluding hydrogens is 330 g/mol. The molecule has 2 aromatic heterocycles. The molecule has 0 radical (unpaired) electrons. The average Bonchev–Trinajstić information content (AvgIpc) is 2.92. The number of hydrogen-bond donors (Lipinski definition) is 3. The molecule has 1 aliphatic heterocycles. The normalized spacial score (nSPS) is 15.2. The molecule has 0 saturated heterocycles. The number of hydrogen-bond acceptors (Lipinski definition) is 7. The number of nitrogens with zero attached hydrogens (tertiary/aromatic N) is 4. The summed E-state index contributed by atoms with van der Waals surface area (Å²) in [5, 5.41) is 14.7. The predicted molar refractivity (Wildman–Crippen MR) is 103 cm³/mol. The molecule has 0 spiro atoms. The van der Waals surface area contributed by atoms with Crippen LogP contribution in [0.25, 0.3) is 0 Å². The van der Waals surface area contributed by atoms with Crippen molar-refractivity contribution in [3.8, 4) is 0 Å². The van der Waals surface area contributed by atoms with E-state index in [1.807, 2.05) is 17.9 Å². The molecule has 0 bridgehead atoms. The smallest absolute Gasteiger partial charge is 0.224 e. The zero-order chi connectivity index (χ0) is 18.4. The van der Waals surface area contributed by atoms with Crippen molar-refractivity contribution in [3.63, 3.8) is 0 Å². The average molecular weight is 359 g/mol. The van der Waals surface area contributed by atoms with Crippen molar-refractivity contribution in [1.29, 1.82) is 0 Å². The minimum absolute atomic E-state index is 0.172. The highest BCUT2D eigenvalue weighted by Gasteiger charge is 2.20. The van der Waals surface area contributed by atoms with Gasteiger partial charge >= 0.3 is 0 Å². The van der Waals surface area contributed by atoms with Crippen LogP contribution in [-0.2, 0) is 24.6 Å². The molecule has 26 heavy (non-hydrogen) atoms. The van der Waals surface area contributed by atoms with Crippen LogP contribution in [-0.4, -0.2) is 53.1 Å². The molecular formula is C18H29N7O. The van der Waals surface area contributed by atoms with Crippen molar-refractivity contribution in [2.75, 3.05) is 44.0 Å². The molecule has 1 aliphatic rings. The number of ether oxygens (including phenoxy) is 1. The standard InChI is InChI=1S/C18H29N7O/c1-4-15(13-11-21-25(2)12-13)22-17-14-5-7-19-8-6-16(14)23-18(24-17)20-9-10-26-3/h11-12,15,19H,4-10H2,1-3H3,(H2,20,22,23,24)/t15-/m1/s1. The summed E-state index contributed by atoms with van der Waals surface area (Å²) in [6.07, 6.45) is 6.77. The van der Waals surface area contributed by atoms with Crippen LogP contribution in [0.3, 0.4) is 0 Å². The Hall–Kier alpha value is -2.19. The highest BCUT2D eigenvalue weighted by Crippen LogP contribution is 2.27. The summed E-state index contributed by atoms with van der Waals surface area (Å²) in [6.45, 7) is 5.38. The molecule has 0 amide bonds. The van der Waals surface area contributed by atoms with E-state index in [1.165, 1.54) is 11.1 Å². The Morgan fingerprint density at radius 1 is 1.31 bits per heavy atom. The van der Waals surface area contributed by atoms with E-state index < -0.39 is 0 Å². The Bertz CT molecular complexity index is 716. The lowest BCUT2D eigenvalue weighted by Gasteiger charge is -2.20. The zero-order valence-corrected chi connectivity index (χ0v) is 15.9. The van der Waals surface area contributed by atoms with Crippen molar-refractivity contribution in [3.05, 3.63) is 29.2 Å². The molecule has 8 nitrogen and oxygen atoms in total. The van der Waals surface area contributed by atoms with Gasteiger partial charge in [0, 0.05) is 51.0 Å². The summed E-state index contributed by atoms with van der Waals surface area (Å²) in [5.41, 5.74) is 3.51. The molecule has 142 valence electrons. The highest BCUT2D eigenvalue weighted by molar-refractivity contribution is 5.52. The minimum atomic E-state index is 0.172. The van der Waals surface area contributed by atoms with E-state index >= 15 is 0 Å². The van der Waals surface area contributed by atoms with Crippen LogP contribution in [0.5, 0.6) is 0 Å². The summed E-state index contributed by atoms with van der Waals surface area (Å²) < 4.78 is 6.95. The Kier molecular flexibility index (Phi) is 6.40. The van der Waals surface area contributed by atoms with Crippen molar-refractivity contribution in [1.82, 2.24) is 25.1 Å². The van der Waals surface area contributed by atoms with Crippen molar-refractivity contribution in [2.45, 2.75) is 32.2 Å². The van der Waals surface area contributed by atoms with Gasteiger partial charge in [0.1, 0.15) is 5.82 Å². The third kappa shape index (κ3) is 4.50. The maximum Gasteiger partial charge on any atom is 0.224 e. The first-order valence-electron chi connectivity index (χ1n) is 9.29. The second-order valence-electron chi connectivity index (χ2n) is 6.54. The first-order chi connectivity index (χ1) is 12.7. The quantitative estimate of drug-likeness (QED) is 0.616. The molecule has 3 rings (SSSR count). The zero-order valence-electron chi connectivity index (χ0n) is 15.9. The summed E-state index contributed by atoms with van der Waals surface area (Å²) in [6, 6.07) is 0.172. The second-order valence-corrected chi connectivity index (χ2v) is 6.54. The van der Waals surface area contributed by atoms with Gasteiger partial charge in [-0.2, -0.15) is 10.1 Å². The number of rotatable bonds is 8. The lowest BCUT2D eigenvalue weighted by Crippen LogP contribution is -2.17.